The van der Waals surface area contributed by atoms with Crippen molar-refractivity contribution in [2.24, 2.45) is 17.8 Å². The van der Waals surface area contributed by atoms with Crippen LogP contribution in [0.4, 0.5) is 0 Å². The zero-order chi connectivity index (χ0) is 7.14. The molecule has 10 heavy (non-hydrogen) atoms. The summed E-state index contributed by atoms with van der Waals surface area (Å²) in [5.41, 5.74) is 0. The Bertz CT molecular complexity index is 184. The number of nitrogens with zero attached hydrogens (tertiary/aromatic N) is 1. The molecule has 0 aromatic heterocycles. The van der Waals surface area contributed by atoms with E-state index in [0.717, 1.165) is 12.8 Å². The van der Waals surface area contributed by atoms with Crippen LogP contribution >= 0.6 is 0 Å². The molecule has 2 aliphatic rings. The minimum absolute atomic E-state index is 0.164. The minimum atomic E-state index is -0.164. The third-order valence-electron chi connectivity index (χ3n) is 3.03. The Morgan fingerprint density at radius 2 is 2.20 bits per heavy atom. The van der Waals surface area contributed by atoms with Crippen LogP contribution in [0, 0.1) is 29.1 Å². The lowest BCUT2D eigenvalue weighted by molar-refractivity contribution is 0.110. The van der Waals surface area contributed by atoms with E-state index in [1.165, 1.54) is 6.42 Å². The van der Waals surface area contributed by atoms with Gasteiger partial charge in [0.2, 0.25) is 0 Å². The van der Waals surface area contributed by atoms with E-state index in [0.29, 0.717) is 11.8 Å². The second kappa shape index (κ2) is 1.96. The second-order valence-corrected chi connectivity index (χ2v) is 3.46. The Balaban J connectivity index is 2.20. The largest absolute Gasteiger partial charge is 0.393 e. The van der Waals surface area contributed by atoms with Crippen molar-refractivity contribution in [1.82, 2.24) is 0 Å². The molecular formula is C8H11NO. The summed E-state index contributed by atoms with van der Waals surface area (Å²) in [4.78, 5) is 0. The van der Waals surface area contributed by atoms with Crippen LogP contribution in [0.2, 0.25) is 0 Å². The molecule has 0 heterocycles. The average Bonchev–Trinajstić information content (AvgIpc) is 2.42. The van der Waals surface area contributed by atoms with E-state index in [1.807, 2.05) is 0 Å². The molecule has 4 atom stereocenters. The van der Waals surface area contributed by atoms with Crippen LogP contribution in [0.25, 0.3) is 0 Å². The Hall–Kier alpha value is -0.550. The minimum Gasteiger partial charge on any atom is -0.393 e. The lowest BCUT2D eigenvalue weighted by Crippen LogP contribution is -2.16. The fourth-order valence-electron chi connectivity index (χ4n) is 2.50. The number of nitriles is 1. The van der Waals surface area contributed by atoms with Gasteiger partial charge in [0.1, 0.15) is 0 Å². The van der Waals surface area contributed by atoms with Gasteiger partial charge in [-0.2, -0.15) is 5.26 Å². The molecule has 2 fully saturated rings. The van der Waals surface area contributed by atoms with Crippen molar-refractivity contribution in [3.63, 3.8) is 0 Å². The lowest BCUT2D eigenvalue weighted by Gasteiger charge is -2.14. The summed E-state index contributed by atoms with van der Waals surface area (Å²) in [5.74, 6) is 1.01. The molecule has 0 aromatic carbocycles. The fourth-order valence-corrected chi connectivity index (χ4v) is 2.50. The van der Waals surface area contributed by atoms with E-state index in [-0.39, 0.29) is 12.0 Å². The zero-order valence-electron chi connectivity index (χ0n) is 5.83. The van der Waals surface area contributed by atoms with E-state index >= 15 is 0 Å². The first-order chi connectivity index (χ1) is 4.83. The molecule has 1 unspecified atom stereocenters. The molecule has 0 saturated heterocycles. The summed E-state index contributed by atoms with van der Waals surface area (Å²) in [6.07, 6.45) is 2.95. The maximum Gasteiger partial charge on any atom is 0.0662 e. The van der Waals surface area contributed by atoms with Crippen LogP contribution in [-0.4, -0.2) is 11.2 Å². The molecule has 0 amide bonds. The summed E-state index contributed by atoms with van der Waals surface area (Å²) < 4.78 is 0. The molecule has 0 aliphatic heterocycles. The highest BCUT2D eigenvalue weighted by molar-refractivity contribution is 5.05. The Morgan fingerprint density at radius 1 is 1.40 bits per heavy atom. The number of rotatable bonds is 0. The standard InChI is InChI=1S/C8H11NO/c9-4-7-5-1-2-6(7)8(10)3-5/h5-8,10H,1-3H2/t5-,6-,7?,8-/m0/s1. The van der Waals surface area contributed by atoms with Gasteiger partial charge in [-0.25, -0.2) is 0 Å². The summed E-state index contributed by atoms with van der Waals surface area (Å²) >= 11 is 0. The van der Waals surface area contributed by atoms with Gasteiger partial charge in [0, 0.05) is 5.92 Å². The summed E-state index contributed by atoms with van der Waals surface area (Å²) in [7, 11) is 0. The third-order valence-corrected chi connectivity index (χ3v) is 3.03. The van der Waals surface area contributed by atoms with E-state index in [9.17, 15) is 5.11 Å². The normalized spacial score (nSPS) is 51.2. The molecular weight excluding hydrogens is 126 g/mol. The maximum absolute atomic E-state index is 9.37. The smallest absolute Gasteiger partial charge is 0.0662 e. The Kier molecular flexibility index (Phi) is 1.21. The van der Waals surface area contributed by atoms with Gasteiger partial charge in [0.15, 0.2) is 0 Å². The van der Waals surface area contributed by atoms with E-state index in [1.54, 1.807) is 0 Å². The Labute approximate surface area is 60.5 Å². The van der Waals surface area contributed by atoms with Crippen molar-refractivity contribution in [2.75, 3.05) is 0 Å². The number of hydrogen-bond acceptors (Lipinski definition) is 2. The quantitative estimate of drug-likeness (QED) is 0.539. The van der Waals surface area contributed by atoms with E-state index < -0.39 is 0 Å². The lowest BCUT2D eigenvalue weighted by atomic mass is 9.98. The van der Waals surface area contributed by atoms with Crippen molar-refractivity contribution in [3.05, 3.63) is 0 Å². The van der Waals surface area contributed by atoms with E-state index in [2.05, 4.69) is 6.07 Å². The predicted octanol–water partition coefficient (Wildman–Crippen LogP) is 0.917. The molecule has 2 nitrogen and oxygen atoms in total. The number of fused-ring (bicyclic) bond motifs is 2. The SMILES string of the molecule is N#CC1[C@H]2CC[C@@H]1[C@@H](O)C2. The number of aliphatic hydroxyl groups excluding tert-OH is 1. The summed E-state index contributed by atoms with van der Waals surface area (Å²) in [6, 6.07) is 2.30. The van der Waals surface area contributed by atoms with Crippen LogP contribution in [-0.2, 0) is 0 Å². The first-order valence-corrected chi connectivity index (χ1v) is 3.90. The molecule has 0 aromatic rings. The highest BCUT2D eigenvalue weighted by Crippen LogP contribution is 2.48. The van der Waals surface area contributed by atoms with Crippen LogP contribution in [0.3, 0.4) is 0 Å². The molecule has 54 valence electrons. The molecule has 2 saturated carbocycles. The van der Waals surface area contributed by atoms with Crippen molar-refractivity contribution >= 4 is 0 Å². The van der Waals surface area contributed by atoms with Crippen LogP contribution in [0.5, 0.6) is 0 Å². The van der Waals surface area contributed by atoms with Gasteiger partial charge in [0.25, 0.3) is 0 Å². The maximum atomic E-state index is 9.37. The monoisotopic (exact) mass is 137 g/mol. The molecule has 2 aliphatic carbocycles. The van der Waals surface area contributed by atoms with Gasteiger partial charge >= 0.3 is 0 Å². The van der Waals surface area contributed by atoms with Crippen molar-refractivity contribution < 1.29 is 5.11 Å². The third kappa shape index (κ3) is 0.615. The van der Waals surface area contributed by atoms with Crippen molar-refractivity contribution in [1.29, 1.82) is 5.26 Å². The van der Waals surface area contributed by atoms with E-state index in [4.69, 9.17) is 5.26 Å². The number of aliphatic hydroxyl groups is 1. The molecule has 2 heteroatoms. The summed E-state index contributed by atoms with van der Waals surface area (Å²) in [6.45, 7) is 0. The molecule has 0 spiro atoms. The molecule has 2 bridgehead atoms. The highest BCUT2D eigenvalue weighted by atomic mass is 16.3. The van der Waals surface area contributed by atoms with Gasteiger partial charge in [0.05, 0.1) is 18.1 Å². The first-order valence-electron chi connectivity index (χ1n) is 3.90. The molecule has 2 rings (SSSR count). The van der Waals surface area contributed by atoms with Crippen molar-refractivity contribution in [2.45, 2.75) is 25.4 Å². The number of hydrogen-bond donors (Lipinski definition) is 1. The molecule has 0 radical (unpaired) electrons. The molecule has 1 N–H and O–H groups in total. The van der Waals surface area contributed by atoms with Gasteiger partial charge in [-0.15, -0.1) is 0 Å². The highest BCUT2D eigenvalue weighted by Gasteiger charge is 2.47. The van der Waals surface area contributed by atoms with Crippen LogP contribution in [0.1, 0.15) is 19.3 Å². The van der Waals surface area contributed by atoms with Crippen molar-refractivity contribution in [3.8, 4) is 6.07 Å². The van der Waals surface area contributed by atoms with Gasteiger partial charge in [-0.1, -0.05) is 0 Å². The summed E-state index contributed by atoms with van der Waals surface area (Å²) in [5, 5.41) is 18.1. The van der Waals surface area contributed by atoms with Crippen LogP contribution in [0.15, 0.2) is 0 Å². The van der Waals surface area contributed by atoms with Crippen LogP contribution < -0.4 is 0 Å². The predicted molar refractivity (Wildman–Crippen MR) is 35.9 cm³/mol. The topological polar surface area (TPSA) is 44.0 Å². The zero-order valence-corrected chi connectivity index (χ0v) is 5.83. The van der Waals surface area contributed by atoms with Gasteiger partial charge in [-0.05, 0) is 25.2 Å². The van der Waals surface area contributed by atoms with Gasteiger partial charge in [-0.3, -0.25) is 0 Å². The first kappa shape index (κ1) is 6.18. The average molecular weight is 137 g/mol. The van der Waals surface area contributed by atoms with Gasteiger partial charge < -0.3 is 5.11 Å². The second-order valence-electron chi connectivity index (χ2n) is 3.46. The fraction of sp³-hybridized carbons (Fsp3) is 0.875. The Morgan fingerprint density at radius 3 is 2.50 bits per heavy atom.